The summed E-state index contributed by atoms with van der Waals surface area (Å²) in [6.07, 6.45) is 77.9. The van der Waals surface area contributed by atoms with Gasteiger partial charge >= 0.3 is 39.5 Å². The van der Waals surface area contributed by atoms with Crippen molar-refractivity contribution in [1.82, 2.24) is 0 Å². The van der Waals surface area contributed by atoms with Gasteiger partial charge in [-0.3, -0.25) is 37.3 Å². The maximum absolute atomic E-state index is 13.1. The van der Waals surface area contributed by atoms with Gasteiger partial charge in [0.05, 0.1) is 26.4 Å². The molecule has 5 atom stereocenters. The number of carbonyl (C=O) groups is 4. The molecule has 576 valence electrons. The van der Waals surface area contributed by atoms with E-state index in [0.717, 1.165) is 167 Å². The Morgan fingerprint density at radius 3 is 0.840 bits per heavy atom. The van der Waals surface area contributed by atoms with Crippen molar-refractivity contribution in [2.24, 2.45) is 0 Å². The van der Waals surface area contributed by atoms with Gasteiger partial charge in [-0.05, 0) is 135 Å². The number of esters is 4. The Kier molecular flexibility index (Phi) is 69.9. The standard InChI is InChI=1S/C81H140O17P2/c1-5-9-13-17-21-25-29-32-35-36-37-38-41-43-47-50-54-58-62-66-79(84)92-72-77(98-81(86)68-64-60-56-52-48-44-40-34-31-27-23-19-15-11-7-3)74-96-100(89,90)94-70-75(82)69-93-99(87,88)95-73-76(97-80(85)67-63-59-55-51-45-28-24-20-16-12-8-4)71-91-78(83)65-61-57-53-49-46-42-39-33-30-26-22-18-14-10-6-2/h10,14,21-23,25-27,32-35,37-40,46,49,75-77,82H,5-9,11-13,15-20,24,28-31,36,41-45,47-48,50-74H2,1-4H3,(H,87,88)(H,89,90)/b14-10-,25-21-,26-22-,27-23-,35-32-,38-37-,39-33-,40-34-,49-46-. The van der Waals surface area contributed by atoms with Crippen LogP contribution in [0.25, 0.3) is 0 Å². The molecule has 0 amide bonds. The van der Waals surface area contributed by atoms with Crippen molar-refractivity contribution in [2.75, 3.05) is 39.6 Å². The molecule has 17 nitrogen and oxygen atoms in total. The highest BCUT2D eigenvalue weighted by atomic mass is 31.2. The van der Waals surface area contributed by atoms with Gasteiger partial charge in [0.2, 0.25) is 0 Å². The van der Waals surface area contributed by atoms with Crippen LogP contribution in [0.2, 0.25) is 0 Å². The Labute approximate surface area is 607 Å². The molecule has 0 aromatic heterocycles. The number of phosphoric acid groups is 2. The zero-order chi connectivity index (χ0) is 73.2. The number of carbonyl (C=O) groups excluding carboxylic acids is 4. The Bertz CT molecular complexity index is 2320. The van der Waals surface area contributed by atoms with Crippen molar-refractivity contribution >= 4 is 39.5 Å². The second-order valence-corrected chi connectivity index (χ2v) is 28.8. The van der Waals surface area contributed by atoms with Crippen molar-refractivity contribution < 1.29 is 80.2 Å². The predicted molar refractivity (Wildman–Crippen MR) is 408 cm³/mol. The number of rotatable bonds is 73. The summed E-state index contributed by atoms with van der Waals surface area (Å²) in [7, 11) is -9.97. The Hall–Kier alpha value is -4.28. The summed E-state index contributed by atoms with van der Waals surface area (Å²) >= 11 is 0. The van der Waals surface area contributed by atoms with E-state index in [0.29, 0.717) is 25.7 Å². The van der Waals surface area contributed by atoms with Gasteiger partial charge in [-0.15, -0.1) is 0 Å². The monoisotopic (exact) mass is 1450 g/mol. The minimum atomic E-state index is -4.98. The van der Waals surface area contributed by atoms with Gasteiger partial charge in [-0.1, -0.05) is 272 Å². The smallest absolute Gasteiger partial charge is 0.462 e. The van der Waals surface area contributed by atoms with Crippen LogP contribution in [0.5, 0.6) is 0 Å². The maximum Gasteiger partial charge on any atom is 0.472 e. The Morgan fingerprint density at radius 1 is 0.290 bits per heavy atom. The normalized spacial score (nSPS) is 14.5. The SMILES string of the molecule is CC/C=C\C/C=C\C/C=C\C/C=C\CCCCC(=O)OCC(COP(=O)(O)OCC(O)COP(=O)(O)OCC(COC(=O)CCCCCCCC/C=C\C/C=C\C/C=C\CCCCC)OC(=O)CCCCCCC/C=C\C/C=C\CCCCC)OC(=O)CCCCCCCCCCCCC. The average Bonchev–Trinajstić information content (AvgIpc) is 0.945. The number of phosphoric ester groups is 2. The van der Waals surface area contributed by atoms with Gasteiger partial charge in [0, 0.05) is 25.7 Å². The molecular formula is C81H140O17P2. The third-order valence-electron chi connectivity index (χ3n) is 16.2. The molecule has 0 saturated heterocycles. The van der Waals surface area contributed by atoms with Crippen LogP contribution in [0, 0.1) is 0 Å². The molecule has 0 fully saturated rings. The van der Waals surface area contributed by atoms with Crippen LogP contribution in [-0.4, -0.2) is 96.7 Å². The summed E-state index contributed by atoms with van der Waals surface area (Å²) < 4.78 is 68.5. The third kappa shape index (κ3) is 72.1. The number of aliphatic hydroxyl groups excluding tert-OH is 1. The highest BCUT2D eigenvalue weighted by Crippen LogP contribution is 2.45. The molecule has 0 bridgehead atoms. The fourth-order valence-corrected chi connectivity index (χ4v) is 11.8. The van der Waals surface area contributed by atoms with E-state index >= 15 is 0 Å². The molecule has 0 rings (SSSR count). The van der Waals surface area contributed by atoms with Crippen LogP contribution in [0.4, 0.5) is 0 Å². The van der Waals surface area contributed by atoms with E-state index in [1.807, 2.05) is 0 Å². The van der Waals surface area contributed by atoms with Gasteiger partial charge in [0.15, 0.2) is 12.2 Å². The van der Waals surface area contributed by atoms with Crippen LogP contribution in [0.1, 0.15) is 323 Å². The van der Waals surface area contributed by atoms with Crippen molar-refractivity contribution in [2.45, 2.75) is 341 Å². The minimum absolute atomic E-state index is 0.0746. The summed E-state index contributed by atoms with van der Waals surface area (Å²) in [5, 5.41) is 10.6. The van der Waals surface area contributed by atoms with Gasteiger partial charge in [-0.25, -0.2) is 9.13 Å². The molecular weight excluding hydrogens is 1310 g/mol. The molecule has 0 aromatic carbocycles. The molecule has 100 heavy (non-hydrogen) atoms. The first-order valence-electron chi connectivity index (χ1n) is 39.1. The lowest BCUT2D eigenvalue weighted by Gasteiger charge is -2.21. The number of aliphatic hydroxyl groups is 1. The number of hydrogen-bond acceptors (Lipinski definition) is 15. The van der Waals surface area contributed by atoms with Gasteiger partial charge in [0.25, 0.3) is 0 Å². The molecule has 0 aliphatic rings. The van der Waals surface area contributed by atoms with Crippen molar-refractivity contribution in [3.63, 3.8) is 0 Å². The molecule has 0 radical (unpaired) electrons. The molecule has 0 saturated carbocycles. The highest BCUT2D eigenvalue weighted by molar-refractivity contribution is 7.47. The lowest BCUT2D eigenvalue weighted by Crippen LogP contribution is -2.30. The van der Waals surface area contributed by atoms with E-state index in [1.165, 1.54) is 77.0 Å². The molecule has 0 spiro atoms. The fraction of sp³-hybridized carbons (Fsp3) is 0.728. The quantitative estimate of drug-likeness (QED) is 0.0169. The van der Waals surface area contributed by atoms with E-state index in [1.54, 1.807) is 0 Å². The van der Waals surface area contributed by atoms with Crippen LogP contribution in [0.3, 0.4) is 0 Å². The topological polar surface area (TPSA) is 237 Å². The van der Waals surface area contributed by atoms with Crippen molar-refractivity contribution in [3.8, 4) is 0 Å². The van der Waals surface area contributed by atoms with E-state index in [2.05, 4.69) is 137 Å². The highest BCUT2D eigenvalue weighted by Gasteiger charge is 2.30. The number of hydrogen-bond donors (Lipinski definition) is 3. The number of allylic oxidation sites excluding steroid dienone is 18. The Balaban J connectivity index is 5.37. The van der Waals surface area contributed by atoms with E-state index < -0.39 is 97.5 Å². The fourth-order valence-electron chi connectivity index (χ4n) is 10.2. The first-order valence-corrected chi connectivity index (χ1v) is 42.1. The van der Waals surface area contributed by atoms with Crippen LogP contribution < -0.4 is 0 Å². The van der Waals surface area contributed by atoms with E-state index in [-0.39, 0.29) is 25.7 Å². The van der Waals surface area contributed by atoms with Crippen molar-refractivity contribution in [1.29, 1.82) is 0 Å². The Morgan fingerprint density at radius 2 is 0.520 bits per heavy atom. The third-order valence-corrected chi connectivity index (χ3v) is 18.1. The number of ether oxygens (including phenoxy) is 4. The lowest BCUT2D eigenvalue weighted by molar-refractivity contribution is -0.161. The molecule has 0 aromatic rings. The summed E-state index contributed by atoms with van der Waals surface area (Å²) in [4.78, 5) is 72.9. The second-order valence-electron chi connectivity index (χ2n) is 25.9. The number of unbranched alkanes of at least 4 members (excludes halogenated alkanes) is 29. The van der Waals surface area contributed by atoms with E-state index in [9.17, 15) is 43.2 Å². The molecule has 5 unspecified atom stereocenters. The van der Waals surface area contributed by atoms with Gasteiger partial charge < -0.3 is 33.8 Å². The minimum Gasteiger partial charge on any atom is -0.462 e. The summed E-state index contributed by atoms with van der Waals surface area (Å²) in [6.45, 7) is 4.64. The second kappa shape index (κ2) is 73.0. The largest absolute Gasteiger partial charge is 0.472 e. The molecule has 3 N–H and O–H groups in total. The van der Waals surface area contributed by atoms with Crippen LogP contribution >= 0.6 is 15.6 Å². The van der Waals surface area contributed by atoms with Crippen molar-refractivity contribution in [3.05, 3.63) is 109 Å². The first kappa shape index (κ1) is 95.7. The maximum atomic E-state index is 13.1. The summed E-state index contributed by atoms with van der Waals surface area (Å²) in [6, 6.07) is 0. The molecule has 0 aliphatic carbocycles. The lowest BCUT2D eigenvalue weighted by atomic mass is 10.1. The summed E-state index contributed by atoms with van der Waals surface area (Å²) in [5.41, 5.74) is 0. The zero-order valence-electron chi connectivity index (χ0n) is 62.8. The van der Waals surface area contributed by atoms with Gasteiger partial charge in [-0.2, -0.15) is 0 Å². The predicted octanol–water partition coefficient (Wildman–Crippen LogP) is 22.6. The molecule has 19 heteroatoms. The molecule has 0 aliphatic heterocycles. The zero-order valence-corrected chi connectivity index (χ0v) is 64.6. The summed E-state index contributed by atoms with van der Waals surface area (Å²) in [5.74, 6) is -2.24. The van der Waals surface area contributed by atoms with Gasteiger partial charge in [0.1, 0.15) is 19.3 Å². The first-order chi connectivity index (χ1) is 48.7. The van der Waals surface area contributed by atoms with Crippen LogP contribution in [0.15, 0.2) is 109 Å². The van der Waals surface area contributed by atoms with E-state index in [4.69, 9.17) is 37.0 Å². The molecule has 0 heterocycles. The van der Waals surface area contributed by atoms with Crippen LogP contribution in [-0.2, 0) is 65.4 Å². The average molecular weight is 1450 g/mol.